The van der Waals surface area contributed by atoms with Crippen LogP contribution in [-0.2, 0) is 12.1 Å². The highest BCUT2D eigenvalue weighted by molar-refractivity contribution is 14.0. The predicted octanol–water partition coefficient (Wildman–Crippen LogP) is 3.22. The van der Waals surface area contributed by atoms with Gasteiger partial charge in [-0.3, -0.25) is 4.57 Å². The van der Waals surface area contributed by atoms with E-state index in [-0.39, 0.29) is 24.0 Å². The molecule has 156 valence electrons. The molecule has 0 amide bonds. The maximum absolute atomic E-state index is 10.7. The molecule has 3 N–H and O–H groups in total. The van der Waals surface area contributed by atoms with Crippen LogP contribution >= 0.6 is 35.3 Å². The van der Waals surface area contributed by atoms with Gasteiger partial charge in [-0.25, -0.2) is 15.0 Å². The van der Waals surface area contributed by atoms with Crippen molar-refractivity contribution in [3.8, 4) is 5.82 Å². The first kappa shape index (κ1) is 23.3. The van der Waals surface area contributed by atoms with E-state index in [4.69, 9.17) is 0 Å². The van der Waals surface area contributed by atoms with E-state index in [9.17, 15) is 5.11 Å². The molecular formula is C20H27IN6OS. The number of nitrogens with one attached hydrogen (secondary N) is 2. The Morgan fingerprint density at radius 1 is 1.28 bits per heavy atom. The van der Waals surface area contributed by atoms with E-state index in [1.807, 2.05) is 59.8 Å². The molecule has 3 aromatic heterocycles. The van der Waals surface area contributed by atoms with Crippen LogP contribution in [0.4, 0.5) is 0 Å². The van der Waals surface area contributed by atoms with Gasteiger partial charge in [0.1, 0.15) is 17.2 Å². The molecule has 9 heteroatoms. The summed E-state index contributed by atoms with van der Waals surface area (Å²) in [5, 5.41) is 21.0. The quantitative estimate of drug-likeness (QED) is 0.250. The molecule has 0 aliphatic heterocycles. The zero-order valence-electron chi connectivity index (χ0n) is 16.8. The number of imidazole rings is 1. The second kappa shape index (κ2) is 10.7. The van der Waals surface area contributed by atoms with E-state index in [1.54, 1.807) is 24.5 Å². The molecule has 0 spiro atoms. The number of aliphatic hydroxyl groups is 1. The number of nitrogens with zero attached hydrogens (tertiary/aromatic N) is 4. The molecule has 1 atom stereocenters. The number of hydrogen-bond acceptors (Lipinski definition) is 5. The molecule has 0 aliphatic carbocycles. The first-order valence-electron chi connectivity index (χ1n) is 9.22. The van der Waals surface area contributed by atoms with Gasteiger partial charge in [-0.2, -0.15) is 11.3 Å². The number of rotatable bonds is 7. The van der Waals surface area contributed by atoms with Gasteiger partial charge in [0.2, 0.25) is 0 Å². The smallest absolute Gasteiger partial charge is 0.191 e. The highest BCUT2D eigenvalue weighted by Crippen LogP contribution is 2.21. The normalized spacial score (nSPS) is 13.4. The van der Waals surface area contributed by atoms with Gasteiger partial charge in [0, 0.05) is 25.1 Å². The maximum atomic E-state index is 10.7. The second-order valence-corrected chi connectivity index (χ2v) is 7.48. The van der Waals surface area contributed by atoms with Crippen LogP contribution in [-0.4, -0.2) is 38.7 Å². The summed E-state index contributed by atoms with van der Waals surface area (Å²) in [6, 6.07) is 5.91. The summed E-state index contributed by atoms with van der Waals surface area (Å²) in [6.07, 6.45) is 5.47. The standard InChI is InChI=1S/C20H26N6OS.HI/c1-4-21-19(25-14-20(3,27)17-7-10-28-13-17)24-12-16-5-6-18(23-11-16)26-9-8-22-15(26)2;/h5-11,13,27H,4,12,14H2,1-3H3,(H2,21,24,25);1H. The van der Waals surface area contributed by atoms with Gasteiger partial charge in [0.15, 0.2) is 5.96 Å². The molecule has 0 saturated heterocycles. The van der Waals surface area contributed by atoms with Gasteiger partial charge in [0.25, 0.3) is 0 Å². The molecule has 3 heterocycles. The van der Waals surface area contributed by atoms with Gasteiger partial charge >= 0.3 is 0 Å². The van der Waals surface area contributed by atoms with Crippen LogP contribution in [0, 0.1) is 6.92 Å². The molecule has 0 radical (unpaired) electrons. The summed E-state index contributed by atoms with van der Waals surface area (Å²) in [5.74, 6) is 2.39. The van der Waals surface area contributed by atoms with E-state index >= 15 is 0 Å². The predicted molar refractivity (Wildman–Crippen MR) is 128 cm³/mol. The van der Waals surface area contributed by atoms with Crippen LogP contribution in [0.25, 0.3) is 5.82 Å². The largest absolute Gasteiger partial charge is 0.384 e. The number of thiophene rings is 1. The van der Waals surface area contributed by atoms with Crippen LogP contribution in [0.1, 0.15) is 30.8 Å². The lowest BCUT2D eigenvalue weighted by molar-refractivity contribution is 0.0621. The van der Waals surface area contributed by atoms with E-state index in [0.29, 0.717) is 19.0 Å². The molecule has 0 aliphatic rings. The van der Waals surface area contributed by atoms with Crippen LogP contribution < -0.4 is 10.6 Å². The van der Waals surface area contributed by atoms with Crippen LogP contribution in [0.3, 0.4) is 0 Å². The molecule has 1 unspecified atom stereocenters. The minimum atomic E-state index is -0.956. The maximum Gasteiger partial charge on any atom is 0.191 e. The van der Waals surface area contributed by atoms with Crippen molar-refractivity contribution in [2.75, 3.05) is 13.1 Å². The van der Waals surface area contributed by atoms with Crippen molar-refractivity contribution in [3.63, 3.8) is 0 Å². The van der Waals surface area contributed by atoms with E-state index < -0.39 is 5.60 Å². The molecule has 3 rings (SSSR count). The van der Waals surface area contributed by atoms with Gasteiger partial charge in [0.05, 0.1) is 13.1 Å². The highest BCUT2D eigenvalue weighted by Gasteiger charge is 2.23. The van der Waals surface area contributed by atoms with Crippen LogP contribution in [0.15, 0.2) is 52.5 Å². The lowest BCUT2D eigenvalue weighted by atomic mass is 9.99. The molecule has 29 heavy (non-hydrogen) atoms. The number of aliphatic imine (C=N–C) groups is 1. The summed E-state index contributed by atoms with van der Waals surface area (Å²) < 4.78 is 1.94. The topological polar surface area (TPSA) is 87.4 Å². The average Bonchev–Trinajstić information content (AvgIpc) is 3.37. The summed E-state index contributed by atoms with van der Waals surface area (Å²) in [6.45, 7) is 7.35. The van der Waals surface area contributed by atoms with Crippen molar-refractivity contribution in [1.29, 1.82) is 0 Å². The van der Waals surface area contributed by atoms with Crippen molar-refractivity contribution in [2.45, 2.75) is 32.9 Å². The third-order valence-electron chi connectivity index (χ3n) is 4.39. The molecule has 0 fully saturated rings. The summed E-state index contributed by atoms with van der Waals surface area (Å²) >= 11 is 1.57. The molecule has 3 aromatic rings. The number of aromatic nitrogens is 3. The Hall–Kier alpha value is -1.98. The van der Waals surface area contributed by atoms with Crippen molar-refractivity contribution in [3.05, 3.63) is 64.5 Å². The molecule has 0 aromatic carbocycles. The Morgan fingerprint density at radius 2 is 2.10 bits per heavy atom. The van der Waals surface area contributed by atoms with E-state index in [1.165, 1.54) is 0 Å². The zero-order chi connectivity index (χ0) is 20.0. The third kappa shape index (κ3) is 6.25. The lowest BCUT2D eigenvalue weighted by Gasteiger charge is -2.24. The van der Waals surface area contributed by atoms with Crippen LogP contribution in [0.5, 0.6) is 0 Å². The number of halogens is 1. The minimum absolute atomic E-state index is 0. The van der Waals surface area contributed by atoms with Gasteiger partial charge in [-0.05, 0) is 54.8 Å². The number of guanidine groups is 1. The summed E-state index contributed by atoms with van der Waals surface area (Å²) in [7, 11) is 0. The lowest BCUT2D eigenvalue weighted by Crippen LogP contribution is -2.44. The average molecular weight is 526 g/mol. The van der Waals surface area contributed by atoms with Crippen LogP contribution in [0.2, 0.25) is 0 Å². The Bertz CT molecular complexity index is 905. The first-order chi connectivity index (χ1) is 13.5. The van der Waals surface area contributed by atoms with Gasteiger partial charge in [-0.1, -0.05) is 6.07 Å². The summed E-state index contributed by atoms with van der Waals surface area (Å²) in [4.78, 5) is 13.3. The molecule has 7 nitrogen and oxygen atoms in total. The van der Waals surface area contributed by atoms with E-state index in [0.717, 1.165) is 29.3 Å². The Labute approximate surface area is 192 Å². The third-order valence-corrected chi connectivity index (χ3v) is 5.07. The van der Waals surface area contributed by atoms with Crippen molar-refractivity contribution in [1.82, 2.24) is 25.2 Å². The fourth-order valence-electron chi connectivity index (χ4n) is 2.71. The van der Waals surface area contributed by atoms with Crippen molar-refractivity contribution in [2.24, 2.45) is 4.99 Å². The Morgan fingerprint density at radius 3 is 2.69 bits per heavy atom. The van der Waals surface area contributed by atoms with Crippen molar-refractivity contribution < 1.29 is 5.11 Å². The number of pyridine rings is 1. The minimum Gasteiger partial charge on any atom is -0.384 e. The van der Waals surface area contributed by atoms with E-state index in [2.05, 4.69) is 25.6 Å². The molecular weight excluding hydrogens is 499 g/mol. The first-order valence-corrected chi connectivity index (χ1v) is 10.2. The number of hydrogen-bond donors (Lipinski definition) is 3. The van der Waals surface area contributed by atoms with Gasteiger partial charge < -0.3 is 15.7 Å². The van der Waals surface area contributed by atoms with Gasteiger partial charge in [-0.15, -0.1) is 24.0 Å². The van der Waals surface area contributed by atoms with Crippen molar-refractivity contribution >= 4 is 41.3 Å². The molecule has 0 bridgehead atoms. The SMILES string of the molecule is CCNC(=NCc1ccc(-n2ccnc2C)nc1)NCC(C)(O)c1ccsc1.I. The Kier molecular flexibility index (Phi) is 8.60. The monoisotopic (exact) mass is 526 g/mol. The molecule has 0 saturated carbocycles. The fourth-order valence-corrected chi connectivity index (χ4v) is 3.50. The highest BCUT2D eigenvalue weighted by atomic mass is 127. The Balaban J connectivity index is 0.00000300. The second-order valence-electron chi connectivity index (χ2n) is 6.70. The zero-order valence-corrected chi connectivity index (χ0v) is 19.9. The summed E-state index contributed by atoms with van der Waals surface area (Å²) in [5.41, 5.74) is 0.945. The number of aryl methyl sites for hydroxylation is 1. The fraction of sp³-hybridized carbons (Fsp3) is 0.350.